The second-order valence-corrected chi connectivity index (χ2v) is 7.70. The zero-order valence-electron chi connectivity index (χ0n) is 17.2. The summed E-state index contributed by atoms with van der Waals surface area (Å²) in [6.45, 7) is 2.33. The molecule has 170 valence electrons. The minimum Gasteiger partial charge on any atom is -0.352 e. The molecule has 1 N–H and O–H groups in total. The summed E-state index contributed by atoms with van der Waals surface area (Å²) in [7, 11) is 0. The maximum atomic E-state index is 14.3. The Morgan fingerprint density at radius 2 is 1.97 bits per heavy atom. The van der Waals surface area contributed by atoms with Gasteiger partial charge >= 0.3 is 6.18 Å². The van der Waals surface area contributed by atoms with Crippen LogP contribution in [0.1, 0.15) is 40.7 Å². The molecule has 1 fully saturated rings. The second kappa shape index (κ2) is 8.68. The summed E-state index contributed by atoms with van der Waals surface area (Å²) in [5.41, 5.74) is -0.442. The van der Waals surface area contributed by atoms with Crippen LogP contribution in [0, 0.1) is 25.2 Å². The van der Waals surface area contributed by atoms with Crippen molar-refractivity contribution in [1.82, 2.24) is 19.9 Å². The summed E-state index contributed by atoms with van der Waals surface area (Å²) >= 11 is 0. The fourth-order valence-corrected chi connectivity index (χ4v) is 3.61. The van der Waals surface area contributed by atoms with E-state index in [2.05, 4.69) is 26.2 Å². The van der Waals surface area contributed by atoms with E-state index in [9.17, 15) is 26.7 Å². The number of carbonyl (C=O) groups excluding carboxylic acids is 1. The first kappa shape index (κ1) is 23.4. The molecule has 2 aromatic rings. The van der Waals surface area contributed by atoms with Gasteiger partial charge in [0.15, 0.2) is 0 Å². The Hall–Kier alpha value is -3.29. The van der Waals surface area contributed by atoms with Crippen molar-refractivity contribution in [3.8, 4) is 12.3 Å². The van der Waals surface area contributed by atoms with Crippen LogP contribution in [0.25, 0.3) is 0 Å². The molecule has 2 aromatic heterocycles. The topological polar surface area (TPSA) is 71.0 Å². The van der Waals surface area contributed by atoms with Crippen molar-refractivity contribution in [2.24, 2.45) is 5.92 Å². The lowest BCUT2D eigenvalue weighted by Gasteiger charge is -2.43. The summed E-state index contributed by atoms with van der Waals surface area (Å²) in [6.07, 6.45) is 1.64. The standard InChI is InChI=1S/C21H20F5N5O/c1-4-14-6-5-13(3)30-17(14)18(32)31-11-20(22,23)7-12(2)16(31)10-29-19-27-8-15(9-28-19)21(24,25)26/h1,5-6,8-9,12,16H,7,10-11H2,2-3H3,(H,27,28,29)/t12-,16-/m1/s1. The van der Waals surface area contributed by atoms with Crippen LogP contribution in [0.3, 0.4) is 0 Å². The first-order valence-electron chi connectivity index (χ1n) is 9.67. The van der Waals surface area contributed by atoms with Gasteiger partial charge in [-0.2, -0.15) is 13.2 Å². The molecular formula is C21H20F5N5O. The lowest BCUT2D eigenvalue weighted by Crippen LogP contribution is -2.57. The maximum Gasteiger partial charge on any atom is 0.419 e. The molecule has 1 saturated heterocycles. The molecule has 0 radical (unpaired) electrons. The first-order valence-corrected chi connectivity index (χ1v) is 9.67. The Labute approximate surface area is 181 Å². The number of aryl methyl sites for hydroxylation is 1. The highest BCUT2D eigenvalue weighted by Gasteiger charge is 2.46. The zero-order chi connectivity index (χ0) is 23.7. The lowest BCUT2D eigenvalue weighted by atomic mass is 9.88. The number of carbonyl (C=O) groups is 1. The number of piperidine rings is 1. The number of nitrogens with one attached hydrogen (secondary N) is 1. The number of alkyl halides is 5. The van der Waals surface area contributed by atoms with E-state index in [0.29, 0.717) is 18.1 Å². The van der Waals surface area contributed by atoms with E-state index in [4.69, 9.17) is 6.42 Å². The highest BCUT2D eigenvalue weighted by Crippen LogP contribution is 2.35. The average Bonchev–Trinajstić information content (AvgIpc) is 2.71. The fraction of sp³-hybridized carbons (Fsp3) is 0.429. The van der Waals surface area contributed by atoms with Crippen LogP contribution in [0.15, 0.2) is 24.5 Å². The van der Waals surface area contributed by atoms with Crippen molar-refractivity contribution < 1.29 is 26.7 Å². The van der Waals surface area contributed by atoms with Gasteiger partial charge in [-0.25, -0.2) is 23.7 Å². The third-order valence-electron chi connectivity index (χ3n) is 5.18. The third kappa shape index (κ3) is 5.12. The molecular weight excluding hydrogens is 433 g/mol. The Morgan fingerprint density at radius 3 is 2.56 bits per heavy atom. The average molecular weight is 453 g/mol. The Balaban J connectivity index is 1.85. The van der Waals surface area contributed by atoms with Crippen LogP contribution >= 0.6 is 0 Å². The summed E-state index contributed by atoms with van der Waals surface area (Å²) in [5, 5.41) is 2.74. The quantitative estimate of drug-likeness (QED) is 0.564. The van der Waals surface area contributed by atoms with Crippen molar-refractivity contribution >= 4 is 11.9 Å². The number of likely N-dealkylation sites (tertiary alicyclic amines) is 1. The second-order valence-electron chi connectivity index (χ2n) is 7.70. The maximum absolute atomic E-state index is 14.3. The Morgan fingerprint density at radius 1 is 1.31 bits per heavy atom. The molecule has 0 unspecified atom stereocenters. The number of rotatable bonds is 4. The van der Waals surface area contributed by atoms with Crippen molar-refractivity contribution in [3.63, 3.8) is 0 Å². The molecule has 1 amide bonds. The first-order chi connectivity index (χ1) is 14.9. The number of hydrogen-bond acceptors (Lipinski definition) is 5. The summed E-state index contributed by atoms with van der Waals surface area (Å²) in [6, 6.07) is 2.41. The van der Waals surface area contributed by atoms with E-state index >= 15 is 0 Å². The molecule has 0 aromatic carbocycles. The van der Waals surface area contributed by atoms with Crippen LogP contribution in [-0.2, 0) is 6.18 Å². The van der Waals surface area contributed by atoms with Crippen LogP contribution in [-0.4, -0.2) is 50.8 Å². The van der Waals surface area contributed by atoms with E-state index in [1.807, 2.05) is 0 Å². The van der Waals surface area contributed by atoms with E-state index in [1.165, 1.54) is 6.07 Å². The molecule has 6 nitrogen and oxygen atoms in total. The van der Waals surface area contributed by atoms with Gasteiger partial charge in [0.25, 0.3) is 11.8 Å². The van der Waals surface area contributed by atoms with E-state index in [1.54, 1.807) is 19.9 Å². The molecule has 0 saturated carbocycles. The normalized spacial score (nSPS) is 20.5. The molecule has 0 bridgehead atoms. The third-order valence-corrected chi connectivity index (χ3v) is 5.18. The minimum atomic E-state index is -4.58. The molecule has 3 rings (SSSR count). The predicted octanol–water partition coefficient (Wildman–Crippen LogP) is 3.78. The molecule has 0 spiro atoms. The largest absolute Gasteiger partial charge is 0.419 e. The SMILES string of the molecule is C#Cc1ccc(C)nc1C(=O)N1CC(F)(F)C[C@@H](C)[C@H]1CNc1ncc(C(F)(F)F)cn1. The van der Waals surface area contributed by atoms with Gasteiger partial charge < -0.3 is 10.2 Å². The van der Waals surface area contributed by atoms with Gasteiger partial charge in [-0.3, -0.25) is 4.79 Å². The van der Waals surface area contributed by atoms with Crippen LogP contribution < -0.4 is 5.32 Å². The number of pyridine rings is 1. The summed E-state index contributed by atoms with van der Waals surface area (Å²) in [4.78, 5) is 25.6. The molecule has 2 atom stereocenters. The molecule has 0 aliphatic carbocycles. The van der Waals surface area contributed by atoms with Gasteiger partial charge in [0.1, 0.15) is 5.69 Å². The minimum absolute atomic E-state index is 0.0500. The van der Waals surface area contributed by atoms with Crippen molar-refractivity contribution in [2.75, 3.05) is 18.4 Å². The number of terminal acetylenes is 1. The predicted molar refractivity (Wildman–Crippen MR) is 106 cm³/mol. The van der Waals surface area contributed by atoms with Crippen LogP contribution in [0.2, 0.25) is 0 Å². The number of aromatic nitrogens is 3. The number of nitrogens with zero attached hydrogens (tertiary/aromatic N) is 4. The molecule has 1 aliphatic heterocycles. The van der Waals surface area contributed by atoms with Gasteiger partial charge in [-0.05, 0) is 25.0 Å². The van der Waals surface area contributed by atoms with Gasteiger partial charge in [0.05, 0.1) is 23.7 Å². The lowest BCUT2D eigenvalue weighted by molar-refractivity contribution is -0.138. The van der Waals surface area contributed by atoms with Crippen molar-refractivity contribution in [2.45, 2.75) is 38.4 Å². The number of amides is 1. The molecule has 11 heteroatoms. The molecule has 3 heterocycles. The van der Waals surface area contributed by atoms with Gasteiger partial charge in [-0.1, -0.05) is 12.8 Å². The van der Waals surface area contributed by atoms with E-state index < -0.39 is 48.5 Å². The van der Waals surface area contributed by atoms with E-state index in [-0.39, 0.29) is 23.8 Å². The fourth-order valence-electron chi connectivity index (χ4n) is 3.61. The van der Waals surface area contributed by atoms with Crippen LogP contribution in [0.5, 0.6) is 0 Å². The molecule has 1 aliphatic rings. The van der Waals surface area contributed by atoms with Gasteiger partial charge in [0, 0.05) is 31.1 Å². The highest BCUT2D eigenvalue weighted by atomic mass is 19.4. The molecule has 32 heavy (non-hydrogen) atoms. The summed E-state index contributed by atoms with van der Waals surface area (Å²) < 4.78 is 66.7. The number of anilines is 1. The zero-order valence-corrected chi connectivity index (χ0v) is 17.2. The Bertz CT molecular complexity index is 1030. The van der Waals surface area contributed by atoms with Crippen molar-refractivity contribution in [3.05, 3.63) is 47.0 Å². The van der Waals surface area contributed by atoms with E-state index in [0.717, 1.165) is 4.90 Å². The number of halogens is 5. The van der Waals surface area contributed by atoms with Gasteiger partial charge in [-0.15, -0.1) is 6.42 Å². The highest BCUT2D eigenvalue weighted by molar-refractivity contribution is 5.95. The monoisotopic (exact) mass is 453 g/mol. The number of hydrogen-bond donors (Lipinski definition) is 1. The smallest absolute Gasteiger partial charge is 0.352 e. The Kier molecular flexibility index (Phi) is 6.34. The summed E-state index contributed by atoms with van der Waals surface area (Å²) in [5.74, 6) is -2.27. The van der Waals surface area contributed by atoms with Crippen molar-refractivity contribution in [1.29, 1.82) is 0 Å². The van der Waals surface area contributed by atoms with Crippen LogP contribution in [0.4, 0.5) is 27.9 Å². The van der Waals surface area contributed by atoms with Gasteiger partial charge in [0.2, 0.25) is 5.95 Å².